The Labute approximate surface area is 102 Å². The van der Waals surface area contributed by atoms with E-state index < -0.39 is 0 Å². The maximum absolute atomic E-state index is 5.63. The van der Waals surface area contributed by atoms with Gasteiger partial charge in [-0.2, -0.15) is 0 Å². The van der Waals surface area contributed by atoms with Crippen molar-refractivity contribution in [1.82, 2.24) is 9.88 Å². The molecule has 0 saturated carbocycles. The first-order chi connectivity index (χ1) is 8.24. The largest absolute Gasteiger partial charge is 0.384 e. The lowest BCUT2D eigenvalue weighted by Crippen LogP contribution is -2.36. The highest BCUT2D eigenvalue weighted by molar-refractivity contribution is 5.48. The molecule has 17 heavy (non-hydrogen) atoms. The molecule has 4 heteroatoms. The summed E-state index contributed by atoms with van der Waals surface area (Å²) in [6, 6.07) is 5.47. The Hall–Kier alpha value is -1.29. The molecule has 2 atom stereocenters. The first-order valence-corrected chi connectivity index (χ1v) is 6.42. The molecule has 92 valence electrons. The molecule has 1 aromatic rings. The molecule has 2 bridgehead atoms. The minimum Gasteiger partial charge on any atom is -0.384 e. The Balaban J connectivity index is 1.79. The van der Waals surface area contributed by atoms with Crippen LogP contribution in [-0.2, 0) is 0 Å². The molecule has 0 aromatic carbocycles. The van der Waals surface area contributed by atoms with Gasteiger partial charge in [0, 0.05) is 25.2 Å². The van der Waals surface area contributed by atoms with Crippen LogP contribution in [0.1, 0.15) is 19.3 Å². The number of hydrogen-bond donors (Lipinski definition) is 1. The SMILES string of the molecule is CN1C2CCC1CN(c1ccc(N)nc1)CC2. The van der Waals surface area contributed by atoms with Crippen LogP contribution in [-0.4, -0.2) is 42.1 Å². The fourth-order valence-electron chi connectivity index (χ4n) is 3.13. The number of fused-ring (bicyclic) bond motifs is 2. The predicted molar refractivity (Wildman–Crippen MR) is 70.1 cm³/mol. The van der Waals surface area contributed by atoms with E-state index in [0.717, 1.165) is 19.1 Å². The molecule has 2 aliphatic heterocycles. The van der Waals surface area contributed by atoms with Gasteiger partial charge >= 0.3 is 0 Å². The van der Waals surface area contributed by atoms with E-state index in [1.807, 2.05) is 12.3 Å². The van der Waals surface area contributed by atoms with Crippen LogP contribution < -0.4 is 10.6 Å². The average molecular weight is 232 g/mol. The molecule has 0 radical (unpaired) electrons. The standard InChI is InChI=1S/C13H20N4/c1-16-10-2-3-12(16)9-17(7-6-10)11-4-5-13(14)15-8-11/h4-5,8,10,12H,2-3,6-7,9H2,1H3,(H2,14,15). The fourth-order valence-corrected chi connectivity index (χ4v) is 3.13. The minimum absolute atomic E-state index is 0.599. The van der Waals surface area contributed by atoms with Gasteiger partial charge < -0.3 is 10.6 Å². The minimum atomic E-state index is 0.599. The summed E-state index contributed by atoms with van der Waals surface area (Å²) in [5.41, 5.74) is 6.84. The summed E-state index contributed by atoms with van der Waals surface area (Å²) < 4.78 is 0. The third-order valence-corrected chi connectivity index (χ3v) is 4.28. The number of aromatic nitrogens is 1. The predicted octanol–water partition coefficient (Wildman–Crippen LogP) is 1.34. The summed E-state index contributed by atoms with van der Waals surface area (Å²) in [6.45, 7) is 2.26. The number of likely N-dealkylation sites (N-methyl/N-ethyl adjacent to an activating group) is 1. The van der Waals surface area contributed by atoms with Crippen molar-refractivity contribution < 1.29 is 0 Å². The first kappa shape index (κ1) is 10.8. The molecule has 3 heterocycles. The van der Waals surface area contributed by atoms with Gasteiger partial charge in [-0.15, -0.1) is 0 Å². The molecule has 2 fully saturated rings. The molecule has 0 aliphatic carbocycles. The molecular weight excluding hydrogens is 212 g/mol. The summed E-state index contributed by atoms with van der Waals surface area (Å²) in [5, 5.41) is 0. The quantitative estimate of drug-likeness (QED) is 0.793. The van der Waals surface area contributed by atoms with Gasteiger partial charge in [-0.1, -0.05) is 0 Å². The summed E-state index contributed by atoms with van der Waals surface area (Å²) >= 11 is 0. The van der Waals surface area contributed by atoms with Gasteiger partial charge in [-0.25, -0.2) is 4.98 Å². The molecule has 1 aromatic heterocycles. The highest BCUT2D eigenvalue weighted by atomic mass is 15.3. The van der Waals surface area contributed by atoms with Crippen LogP contribution in [0.4, 0.5) is 11.5 Å². The monoisotopic (exact) mass is 232 g/mol. The van der Waals surface area contributed by atoms with Crippen LogP contribution >= 0.6 is 0 Å². The van der Waals surface area contributed by atoms with Gasteiger partial charge in [0.25, 0.3) is 0 Å². The summed E-state index contributed by atoms with van der Waals surface area (Å²) in [4.78, 5) is 9.20. The highest BCUT2D eigenvalue weighted by Gasteiger charge is 2.34. The van der Waals surface area contributed by atoms with Gasteiger partial charge in [0.15, 0.2) is 0 Å². The van der Waals surface area contributed by atoms with E-state index in [1.54, 1.807) is 0 Å². The van der Waals surface area contributed by atoms with Crippen LogP contribution in [0.3, 0.4) is 0 Å². The number of anilines is 2. The zero-order valence-electron chi connectivity index (χ0n) is 10.3. The zero-order valence-corrected chi connectivity index (χ0v) is 10.3. The molecule has 4 nitrogen and oxygen atoms in total. The first-order valence-electron chi connectivity index (χ1n) is 6.42. The third kappa shape index (κ3) is 1.97. The van der Waals surface area contributed by atoms with Crippen molar-refractivity contribution in [2.75, 3.05) is 30.8 Å². The van der Waals surface area contributed by atoms with Crippen molar-refractivity contribution in [2.24, 2.45) is 0 Å². The Morgan fingerprint density at radius 1 is 1.24 bits per heavy atom. The van der Waals surface area contributed by atoms with E-state index in [2.05, 4.69) is 27.9 Å². The molecule has 2 unspecified atom stereocenters. The lowest BCUT2D eigenvalue weighted by Gasteiger charge is -2.27. The molecular formula is C13H20N4. The van der Waals surface area contributed by atoms with Crippen molar-refractivity contribution in [2.45, 2.75) is 31.3 Å². The van der Waals surface area contributed by atoms with Gasteiger partial charge in [0.2, 0.25) is 0 Å². The second-order valence-corrected chi connectivity index (χ2v) is 5.23. The van der Waals surface area contributed by atoms with Crippen LogP contribution in [0.2, 0.25) is 0 Å². The van der Waals surface area contributed by atoms with E-state index in [-0.39, 0.29) is 0 Å². The summed E-state index contributed by atoms with van der Waals surface area (Å²) in [7, 11) is 2.27. The van der Waals surface area contributed by atoms with Crippen LogP contribution in [0.5, 0.6) is 0 Å². The number of nitrogen functional groups attached to an aromatic ring is 1. The number of rotatable bonds is 1. The lowest BCUT2D eigenvalue weighted by molar-refractivity contribution is 0.254. The fraction of sp³-hybridized carbons (Fsp3) is 0.615. The molecule has 3 rings (SSSR count). The Bertz CT molecular complexity index is 389. The number of nitrogens with two attached hydrogens (primary N) is 1. The molecule has 2 saturated heterocycles. The van der Waals surface area contributed by atoms with E-state index in [1.165, 1.54) is 24.9 Å². The van der Waals surface area contributed by atoms with Crippen LogP contribution in [0, 0.1) is 0 Å². The highest BCUT2D eigenvalue weighted by Crippen LogP contribution is 2.30. The second-order valence-electron chi connectivity index (χ2n) is 5.23. The van der Waals surface area contributed by atoms with Crippen LogP contribution in [0.25, 0.3) is 0 Å². The van der Waals surface area contributed by atoms with Crippen molar-refractivity contribution >= 4 is 11.5 Å². The van der Waals surface area contributed by atoms with Gasteiger partial charge in [0.05, 0.1) is 11.9 Å². The summed E-state index contributed by atoms with van der Waals surface area (Å²) in [6.07, 6.45) is 5.86. The van der Waals surface area contributed by atoms with Gasteiger partial charge in [-0.05, 0) is 38.4 Å². The number of nitrogens with zero attached hydrogens (tertiary/aromatic N) is 3. The number of pyridine rings is 1. The normalized spacial score (nSPS) is 29.4. The Kier molecular flexibility index (Phi) is 2.67. The van der Waals surface area contributed by atoms with E-state index in [0.29, 0.717) is 11.9 Å². The summed E-state index contributed by atoms with van der Waals surface area (Å²) in [5.74, 6) is 0.599. The number of hydrogen-bond acceptors (Lipinski definition) is 4. The molecule has 2 aliphatic rings. The Morgan fingerprint density at radius 3 is 2.82 bits per heavy atom. The lowest BCUT2D eigenvalue weighted by atomic mass is 10.1. The molecule has 2 N–H and O–H groups in total. The topological polar surface area (TPSA) is 45.4 Å². The molecule has 0 amide bonds. The van der Waals surface area contributed by atoms with E-state index in [4.69, 9.17) is 5.73 Å². The zero-order chi connectivity index (χ0) is 11.8. The van der Waals surface area contributed by atoms with Crippen molar-refractivity contribution in [3.63, 3.8) is 0 Å². The molecule has 0 spiro atoms. The average Bonchev–Trinajstić information content (AvgIpc) is 2.55. The van der Waals surface area contributed by atoms with Crippen LogP contribution in [0.15, 0.2) is 18.3 Å². The van der Waals surface area contributed by atoms with Gasteiger partial charge in [0.1, 0.15) is 5.82 Å². The maximum atomic E-state index is 5.63. The second kappa shape index (κ2) is 4.18. The van der Waals surface area contributed by atoms with Crippen molar-refractivity contribution in [3.05, 3.63) is 18.3 Å². The van der Waals surface area contributed by atoms with E-state index in [9.17, 15) is 0 Å². The van der Waals surface area contributed by atoms with E-state index >= 15 is 0 Å². The van der Waals surface area contributed by atoms with Crippen molar-refractivity contribution in [1.29, 1.82) is 0 Å². The van der Waals surface area contributed by atoms with Crippen molar-refractivity contribution in [3.8, 4) is 0 Å². The third-order valence-electron chi connectivity index (χ3n) is 4.28. The van der Waals surface area contributed by atoms with Gasteiger partial charge in [-0.3, -0.25) is 4.90 Å². The smallest absolute Gasteiger partial charge is 0.123 e. The maximum Gasteiger partial charge on any atom is 0.123 e. The Morgan fingerprint density at radius 2 is 2.06 bits per heavy atom.